The van der Waals surface area contributed by atoms with Gasteiger partial charge in [0.05, 0.1) is 32.8 Å². The van der Waals surface area contributed by atoms with Crippen LogP contribution in [-0.2, 0) is 7.05 Å². The van der Waals surface area contributed by atoms with Crippen molar-refractivity contribution in [1.82, 2.24) is 9.38 Å². The Morgan fingerprint density at radius 1 is 1.00 bits per heavy atom. The highest BCUT2D eigenvalue weighted by molar-refractivity contribution is 6.25. The number of benzene rings is 2. The number of nitrogens with zero attached hydrogens (tertiary/aromatic N) is 3. The number of aromatic nitrogens is 3. The molecule has 0 aliphatic heterocycles. The van der Waals surface area contributed by atoms with E-state index in [0.717, 1.165) is 23.3 Å². The van der Waals surface area contributed by atoms with Crippen LogP contribution in [-0.4, -0.2) is 9.38 Å². The average molecular weight is 417 g/mol. The van der Waals surface area contributed by atoms with Crippen molar-refractivity contribution in [3.8, 4) is 0 Å². The van der Waals surface area contributed by atoms with Crippen LogP contribution in [0, 0.1) is 18.8 Å². The van der Waals surface area contributed by atoms with Gasteiger partial charge in [0.2, 0.25) is 5.52 Å². The van der Waals surface area contributed by atoms with E-state index in [0.29, 0.717) is 0 Å². The number of rotatable bonds is 1. The second kappa shape index (κ2) is 5.78. The predicted molar refractivity (Wildman–Crippen MR) is 131 cm³/mol. The molecule has 0 amide bonds. The largest absolute Gasteiger partial charge is 0.306 e. The van der Waals surface area contributed by atoms with Gasteiger partial charge in [0.1, 0.15) is 7.05 Å². The molecule has 0 radical (unpaired) electrons. The van der Waals surface area contributed by atoms with Crippen LogP contribution in [0.5, 0.6) is 0 Å². The van der Waals surface area contributed by atoms with Gasteiger partial charge in [0, 0.05) is 17.6 Å². The highest BCUT2D eigenvalue weighted by Gasteiger charge is 2.40. The van der Waals surface area contributed by atoms with E-state index < -0.39 is 0 Å². The first kappa shape index (κ1) is 17.4. The Morgan fingerprint density at radius 2 is 1.94 bits per heavy atom. The van der Waals surface area contributed by atoms with Crippen LogP contribution in [0.4, 0.5) is 0 Å². The molecule has 6 aromatic rings. The molecule has 156 valence electrons. The molecular formula is C29H26N3+. The summed E-state index contributed by atoms with van der Waals surface area (Å²) < 4.78 is 4.84. The standard InChI is InChI=1S/C29H26N3/c1-16-5-8-21-27-23(4-3-10-30-27)32-24-15-20(22-13-17-6-7-18(22)12-17)14-19-9-11-31(2)29(26(19)24)25(16)28(21)32/h3-5,8-11,14-15,17-18,22H,6-7,12-13H2,1-2H3/q+1. The summed E-state index contributed by atoms with van der Waals surface area (Å²) in [6.45, 7) is 2.25. The van der Waals surface area contributed by atoms with Crippen molar-refractivity contribution in [1.29, 1.82) is 0 Å². The number of hydrogen-bond acceptors (Lipinski definition) is 1. The van der Waals surface area contributed by atoms with E-state index in [-0.39, 0.29) is 0 Å². The summed E-state index contributed by atoms with van der Waals surface area (Å²) in [6, 6.07) is 16.2. The summed E-state index contributed by atoms with van der Waals surface area (Å²) in [7, 11) is 2.19. The van der Waals surface area contributed by atoms with Gasteiger partial charge in [-0.1, -0.05) is 24.6 Å². The van der Waals surface area contributed by atoms with Crippen LogP contribution in [0.15, 0.2) is 54.9 Å². The highest BCUT2D eigenvalue weighted by Crippen LogP contribution is 2.53. The van der Waals surface area contributed by atoms with Crippen LogP contribution in [0.25, 0.3) is 49.1 Å². The monoisotopic (exact) mass is 416 g/mol. The maximum Gasteiger partial charge on any atom is 0.224 e. The zero-order chi connectivity index (χ0) is 21.1. The number of hydrogen-bond donors (Lipinski definition) is 0. The van der Waals surface area contributed by atoms with Crippen LogP contribution in [0.3, 0.4) is 0 Å². The Hall–Kier alpha value is -3.20. The van der Waals surface area contributed by atoms with Crippen molar-refractivity contribution in [2.75, 3.05) is 0 Å². The van der Waals surface area contributed by atoms with Gasteiger partial charge in [-0.15, -0.1) is 0 Å². The lowest BCUT2D eigenvalue weighted by Gasteiger charge is -2.23. The van der Waals surface area contributed by atoms with Gasteiger partial charge >= 0.3 is 0 Å². The molecule has 0 N–H and O–H groups in total. The minimum Gasteiger partial charge on any atom is -0.306 e. The fourth-order valence-electron chi connectivity index (χ4n) is 7.42. The Labute approximate surface area is 186 Å². The van der Waals surface area contributed by atoms with Gasteiger partial charge in [-0.2, -0.15) is 0 Å². The smallest absolute Gasteiger partial charge is 0.224 e. The van der Waals surface area contributed by atoms with Crippen molar-refractivity contribution in [2.45, 2.75) is 38.5 Å². The average Bonchev–Trinajstić information content (AvgIpc) is 3.53. The molecule has 8 rings (SSSR count). The molecule has 2 saturated carbocycles. The predicted octanol–water partition coefficient (Wildman–Crippen LogP) is 6.42. The van der Waals surface area contributed by atoms with Crippen molar-refractivity contribution in [3.63, 3.8) is 0 Å². The third-order valence-electron chi connectivity index (χ3n) is 8.77. The number of pyridine rings is 3. The topological polar surface area (TPSA) is 21.2 Å². The zero-order valence-corrected chi connectivity index (χ0v) is 18.6. The molecule has 3 heteroatoms. The van der Waals surface area contributed by atoms with Crippen molar-refractivity contribution in [2.24, 2.45) is 18.9 Å². The number of aryl methyl sites for hydroxylation is 2. The Morgan fingerprint density at radius 3 is 2.78 bits per heavy atom. The fraction of sp³-hybridized carbons (Fsp3) is 0.310. The Kier molecular flexibility index (Phi) is 3.13. The van der Waals surface area contributed by atoms with Gasteiger partial charge in [-0.3, -0.25) is 4.98 Å². The normalized spacial score (nSPS) is 23.1. The third kappa shape index (κ3) is 1.98. The summed E-state index contributed by atoms with van der Waals surface area (Å²) in [5.74, 6) is 2.55. The first-order valence-corrected chi connectivity index (χ1v) is 12.0. The van der Waals surface area contributed by atoms with Crippen LogP contribution in [0.2, 0.25) is 0 Å². The maximum absolute atomic E-state index is 4.83. The van der Waals surface area contributed by atoms with Crippen LogP contribution in [0.1, 0.15) is 42.7 Å². The lowest BCUT2D eigenvalue weighted by atomic mass is 9.82. The summed E-state index contributed by atoms with van der Waals surface area (Å²) >= 11 is 0. The van der Waals surface area contributed by atoms with Crippen molar-refractivity contribution in [3.05, 3.63) is 66.0 Å². The minimum absolute atomic E-state index is 0.723. The molecule has 4 aromatic heterocycles. The van der Waals surface area contributed by atoms with Gasteiger partial charge in [0.25, 0.3) is 0 Å². The molecule has 0 saturated heterocycles. The molecule has 0 spiro atoms. The van der Waals surface area contributed by atoms with Crippen LogP contribution < -0.4 is 4.57 Å². The van der Waals surface area contributed by atoms with E-state index in [2.05, 4.69) is 71.6 Å². The van der Waals surface area contributed by atoms with E-state index in [1.165, 1.54) is 74.9 Å². The van der Waals surface area contributed by atoms with Gasteiger partial charge in [0.15, 0.2) is 6.20 Å². The van der Waals surface area contributed by atoms with Gasteiger partial charge in [-0.25, -0.2) is 4.57 Å². The minimum atomic E-state index is 0.723. The van der Waals surface area contributed by atoms with E-state index in [1.54, 1.807) is 5.56 Å². The Balaban J connectivity index is 1.64. The highest BCUT2D eigenvalue weighted by atomic mass is 15.0. The second-order valence-electron chi connectivity index (χ2n) is 10.4. The quantitative estimate of drug-likeness (QED) is 0.172. The van der Waals surface area contributed by atoms with E-state index >= 15 is 0 Å². The summed E-state index contributed by atoms with van der Waals surface area (Å²) in [5.41, 5.74) is 9.21. The maximum atomic E-state index is 4.83. The van der Waals surface area contributed by atoms with Gasteiger partial charge in [-0.05, 0) is 78.7 Å². The molecule has 32 heavy (non-hydrogen) atoms. The second-order valence-corrected chi connectivity index (χ2v) is 10.4. The molecule has 2 aliphatic rings. The van der Waals surface area contributed by atoms with Crippen molar-refractivity contribution >= 4 is 49.1 Å². The molecular weight excluding hydrogens is 390 g/mol. The molecule has 4 heterocycles. The first-order chi connectivity index (χ1) is 15.7. The number of fused-ring (bicyclic) bond motifs is 7. The molecule has 2 bridgehead atoms. The van der Waals surface area contributed by atoms with Crippen LogP contribution >= 0.6 is 0 Å². The lowest BCUT2D eigenvalue weighted by Crippen LogP contribution is -2.29. The summed E-state index contributed by atoms with van der Waals surface area (Å²) in [4.78, 5) is 4.83. The molecule has 3 nitrogen and oxygen atoms in total. The molecule has 3 atom stereocenters. The zero-order valence-electron chi connectivity index (χ0n) is 18.6. The third-order valence-corrected chi connectivity index (χ3v) is 8.77. The van der Waals surface area contributed by atoms with E-state index in [9.17, 15) is 0 Å². The van der Waals surface area contributed by atoms with E-state index in [4.69, 9.17) is 4.98 Å². The van der Waals surface area contributed by atoms with E-state index in [1.807, 2.05) is 6.20 Å². The summed E-state index contributed by atoms with van der Waals surface area (Å²) in [6.07, 6.45) is 9.86. The molecule has 2 fully saturated rings. The lowest BCUT2D eigenvalue weighted by molar-refractivity contribution is -0.643. The molecule has 2 aliphatic carbocycles. The first-order valence-electron chi connectivity index (χ1n) is 12.0. The molecule has 3 unspecified atom stereocenters. The molecule has 2 aromatic carbocycles. The van der Waals surface area contributed by atoms with Gasteiger partial charge < -0.3 is 4.40 Å². The summed E-state index contributed by atoms with van der Waals surface area (Å²) in [5, 5.41) is 5.37. The Bertz CT molecular complexity index is 1720. The van der Waals surface area contributed by atoms with Crippen molar-refractivity contribution < 1.29 is 4.57 Å². The SMILES string of the molecule is Cc1ccc2c3ncccc3n3c4cc(C5CC6CCC5C6)cc5cc[n+](C)c(c1c23)c54. The fourth-order valence-corrected chi connectivity index (χ4v) is 7.42.